The number of amides is 1. The third kappa shape index (κ3) is 7.07. The fourth-order valence-corrected chi connectivity index (χ4v) is 5.49. The molecule has 1 amide bonds. The van der Waals surface area contributed by atoms with Gasteiger partial charge in [0.15, 0.2) is 0 Å². The Morgan fingerprint density at radius 3 is 2.71 bits per heavy atom. The molecule has 38 heavy (non-hydrogen) atoms. The van der Waals surface area contributed by atoms with Gasteiger partial charge in [-0.3, -0.25) is 9.36 Å². The summed E-state index contributed by atoms with van der Waals surface area (Å²) in [5.74, 6) is 5.72. The van der Waals surface area contributed by atoms with Gasteiger partial charge in [0.1, 0.15) is 24.1 Å². The quantitative estimate of drug-likeness (QED) is 0.251. The molecule has 0 bridgehead atoms. The van der Waals surface area contributed by atoms with Gasteiger partial charge in [-0.25, -0.2) is 14.4 Å². The topological polar surface area (TPSA) is 112 Å². The fourth-order valence-electron chi connectivity index (χ4n) is 3.84. The second kappa shape index (κ2) is 12.7. The van der Waals surface area contributed by atoms with Gasteiger partial charge < -0.3 is 24.4 Å². The Morgan fingerprint density at radius 1 is 1.24 bits per heavy atom. The van der Waals surface area contributed by atoms with Crippen molar-refractivity contribution in [1.82, 2.24) is 9.97 Å². The highest BCUT2D eigenvalue weighted by Crippen LogP contribution is 2.47. The minimum absolute atomic E-state index is 0.0391. The van der Waals surface area contributed by atoms with Gasteiger partial charge >= 0.3 is 7.60 Å². The van der Waals surface area contributed by atoms with E-state index in [1.54, 1.807) is 26.0 Å². The molecule has 1 aromatic heterocycles. The Kier molecular flexibility index (Phi) is 9.31. The Hall–Kier alpha value is -3.06. The summed E-state index contributed by atoms with van der Waals surface area (Å²) in [6.07, 6.45) is 1.75. The first-order chi connectivity index (χ1) is 18.3. The average molecular weight is 561 g/mol. The number of benzene rings is 2. The number of carbonyl (C=O) groups excluding carboxylic acids is 1. The van der Waals surface area contributed by atoms with Gasteiger partial charge in [0, 0.05) is 23.6 Å². The van der Waals surface area contributed by atoms with Crippen molar-refractivity contribution >= 4 is 53.2 Å². The van der Waals surface area contributed by atoms with Crippen LogP contribution >= 0.6 is 19.2 Å². The summed E-state index contributed by atoms with van der Waals surface area (Å²) in [6.45, 7) is 4.83. The van der Waals surface area contributed by atoms with Crippen molar-refractivity contribution in [2.45, 2.75) is 20.3 Å². The zero-order chi connectivity index (χ0) is 27.1. The van der Waals surface area contributed by atoms with Crippen LogP contribution in [0.5, 0.6) is 0 Å². The van der Waals surface area contributed by atoms with Gasteiger partial charge in [0.2, 0.25) is 5.91 Å². The zero-order valence-electron chi connectivity index (χ0n) is 20.9. The van der Waals surface area contributed by atoms with Crippen LogP contribution in [0.4, 0.5) is 21.6 Å². The molecule has 2 aromatic carbocycles. The predicted molar refractivity (Wildman–Crippen MR) is 144 cm³/mol. The molecule has 0 spiro atoms. The van der Waals surface area contributed by atoms with Crippen LogP contribution in [0, 0.1) is 23.6 Å². The maximum atomic E-state index is 13.6. The van der Waals surface area contributed by atoms with E-state index in [2.05, 4.69) is 32.4 Å². The first kappa shape index (κ1) is 28.0. The summed E-state index contributed by atoms with van der Waals surface area (Å²) in [5, 5.41) is 6.44. The Labute approximate surface area is 225 Å². The molecule has 2 heterocycles. The predicted octanol–water partition coefficient (Wildman–Crippen LogP) is 5.76. The highest BCUT2D eigenvalue weighted by atomic mass is 35.5. The van der Waals surface area contributed by atoms with Gasteiger partial charge in [-0.1, -0.05) is 23.4 Å². The molecular weight excluding hydrogens is 534 g/mol. The fraction of sp³-hybridized carbons (Fsp3) is 0.346. The molecule has 1 aliphatic heterocycles. The molecule has 12 heteroatoms. The normalized spacial score (nSPS) is 15.2. The van der Waals surface area contributed by atoms with E-state index in [4.69, 9.17) is 25.4 Å². The molecule has 1 aliphatic rings. The Bertz CT molecular complexity index is 1430. The highest BCUT2D eigenvalue weighted by molar-refractivity contribution is 7.54. The molecule has 0 unspecified atom stereocenters. The minimum atomic E-state index is -3.62. The minimum Gasteiger partial charge on any atom is -0.380 e. The first-order valence-electron chi connectivity index (χ1n) is 12.1. The summed E-state index contributed by atoms with van der Waals surface area (Å²) < 4.78 is 42.5. The van der Waals surface area contributed by atoms with Crippen molar-refractivity contribution in [2.24, 2.45) is 5.92 Å². The van der Waals surface area contributed by atoms with Crippen molar-refractivity contribution in [3.8, 4) is 11.8 Å². The average Bonchev–Trinajstić information content (AvgIpc) is 3.39. The number of anilines is 3. The lowest BCUT2D eigenvalue weighted by Crippen LogP contribution is -2.19. The molecule has 0 saturated carbocycles. The molecule has 1 atom stereocenters. The number of rotatable bonds is 9. The number of halogens is 2. The van der Waals surface area contributed by atoms with Gasteiger partial charge in [-0.15, -0.1) is 0 Å². The first-order valence-corrected chi connectivity index (χ1v) is 14.2. The summed E-state index contributed by atoms with van der Waals surface area (Å²) in [5.41, 5.74) is 1.98. The summed E-state index contributed by atoms with van der Waals surface area (Å²) in [4.78, 5) is 21.6. The number of aromatic nitrogens is 2. The van der Waals surface area contributed by atoms with E-state index < -0.39 is 25.5 Å². The second-order valence-corrected chi connectivity index (χ2v) is 10.8. The number of carbonyl (C=O) groups is 1. The van der Waals surface area contributed by atoms with Crippen LogP contribution in [0.25, 0.3) is 10.9 Å². The molecule has 1 fully saturated rings. The molecule has 9 nitrogen and oxygen atoms in total. The smallest absolute Gasteiger partial charge is 0.340 e. The molecular formula is C26H27ClFN4O5P. The van der Waals surface area contributed by atoms with Crippen LogP contribution in [0.15, 0.2) is 36.7 Å². The van der Waals surface area contributed by atoms with Crippen molar-refractivity contribution in [1.29, 1.82) is 0 Å². The van der Waals surface area contributed by atoms with E-state index in [1.165, 1.54) is 24.5 Å². The van der Waals surface area contributed by atoms with Crippen LogP contribution < -0.4 is 10.6 Å². The molecule has 200 valence electrons. The Balaban J connectivity index is 1.71. The van der Waals surface area contributed by atoms with Crippen molar-refractivity contribution < 1.29 is 27.5 Å². The molecule has 4 rings (SSSR count). The van der Waals surface area contributed by atoms with E-state index in [1.807, 2.05) is 0 Å². The van der Waals surface area contributed by atoms with E-state index in [0.717, 1.165) is 6.42 Å². The lowest BCUT2D eigenvalue weighted by atomic mass is 10.1. The zero-order valence-corrected chi connectivity index (χ0v) is 22.6. The van der Waals surface area contributed by atoms with Crippen LogP contribution in [0.3, 0.4) is 0 Å². The molecule has 3 aromatic rings. The standard InChI is InChI=1S/C26H27ClFN4O5P/c1-3-36-38(34,37-4-2)15-25(33)32-23-13-20-24(11-18(23)6-5-17-9-10-35-14-17)29-16-30-26(20)31-19-7-8-22(28)21(27)12-19/h7-8,11-13,16-17H,3-4,9-10,14-15H2,1-2H3,(H,32,33)(H,29,30,31)/t17-/m1/s1. The largest absolute Gasteiger partial charge is 0.380 e. The molecule has 0 aliphatic carbocycles. The van der Waals surface area contributed by atoms with Gasteiger partial charge in [-0.05, 0) is 50.6 Å². The summed E-state index contributed by atoms with van der Waals surface area (Å²) in [7, 11) is -3.62. The van der Waals surface area contributed by atoms with Crippen LogP contribution in [-0.2, 0) is 23.1 Å². The van der Waals surface area contributed by atoms with Gasteiger partial charge in [0.05, 0.1) is 41.6 Å². The maximum absolute atomic E-state index is 13.6. The van der Waals surface area contributed by atoms with E-state index in [9.17, 15) is 13.8 Å². The lowest BCUT2D eigenvalue weighted by molar-refractivity contribution is -0.114. The third-order valence-corrected chi connectivity index (χ3v) is 7.83. The van der Waals surface area contributed by atoms with Crippen LogP contribution in [-0.4, -0.2) is 48.5 Å². The summed E-state index contributed by atoms with van der Waals surface area (Å²) in [6, 6.07) is 7.64. The van der Waals surface area contributed by atoms with E-state index >= 15 is 0 Å². The van der Waals surface area contributed by atoms with Crippen molar-refractivity contribution in [3.05, 3.63) is 53.1 Å². The molecule has 2 N–H and O–H groups in total. The lowest BCUT2D eigenvalue weighted by Gasteiger charge is -2.17. The number of nitrogens with zero attached hydrogens (tertiary/aromatic N) is 2. The van der Waals surface area contributed by atoms with E-state index in [-0.39, 0.29) is 24.2 Å². The third-order valence-electron chi connectivity index (χ3n) is 5.56. The number of hydrogen-bond acceptors (Lipinski definition) is 8. The molecule has 1 saturated heterocycles. The van der Waals surface area contributed by atoms with Crippen molar-refractivity contribution in [3.63, 3.8) is 0 Å². The van der Waals surface area contributed by atoms with E-state index in [0.29, 0.717) is 46.9 Å². The van der Waals surface area contributed by atoms with Crippen molar-refractivity contribution in [2.75, 3.05) is 43.2 Å². The summed E-state index contributed by atoms with van der Waals surface area (Å²) >= 11 is 5.93. The van der Waals surface area contributed by atoms with Crippen LogP contribution in [0.1, 0.15) is 25.8 Å². The van der Waals surface area contributed by atoms with Gasteiger partial charge in [-0.2, -0.15) is 0 Å². The SMILES string of the molecule is CCOP(=O)(CC(=O)Nc1cc2c(Nc3ccc(F)c(Cl)c3)ncnc2cc1C#C[C@@H]1CCOC1)OCC. The monoisotopic (exact) mass is 560 g/mol. The number of ether oxygens (including phenoxy) is 1. The number of fused-ring (bicyclic) bond motifs is 1. The second-order valence-electron chi connectivity index (χ2n) is 8.37. The highest BCUT2D eigenvalue weighted by Gasteiger charge is 2.28. The van der Waals surface area contributed by atoms with Crippen LogP contribution in [0.2, 0.25) is 5.02 Å². The number of nitrogens with one attached hydrogen (secondary N) is 2. The van der Waals surface area contributed by atoms with Gasteiger partial charge in [0.25, 0.3) is 0 Å². The molecule has 0 radical (unpaired) electrons. The number of hydrogen-bond donors (Lipinski definition) is 2. The maximum Gasteiger partial charge on any atom is 0.340 e. The Morgan fingerprint density at radius 2 is 2.03 bits per heavy atom.